The van der Waals surface area contributed by atoms with Gasteiger partial charge in [0.15, 0.2) is 0 Å². The summed E-state index contributed by atoms with van der Waals surface area (Å²) in [6.45, 7) is 1.75. The molecule has 0 aliphatic rings. The second-order valence-electron chi connectivity index (χ2n) is 5.74. The lowest BCUT2D eigenvalue weighted by Crippen LogP contribution is -2.35. The minimum atomic E-state index is -0.751. The van der Waals surface area contributed by atoms with Gasteiger partial charge in [-0.2, -0.15) is 0 Å². The molecule has 0 heterocycles. The first-order valence-electron chi connectivity index (χ1n) is 8.60. The van der Waals surface area contributed by atoms with Crippen LogP contribution in [0.2, 0.25) is 0 Å². The molecule has 0 N–H and O–H groups in total. The molecule has 8 nitrogen and oxygen atoms in total. The van der Waals surface area contributed by atoms with Crippen molar-refractivity contribution in [2.45, 2.75) is 13.5 Å². The molecule has 0 spiro atoms. The number of hydrogen-bond acceptors (Lipinski definition) is 6. The summed E-state index contributed by atoms with van der Waals surface area (Å²) < 4.78 is 10.5. The smallest absolute Gasteiger partial charge is 0.414 e. The molecule has 0 radical (unpaired) electrons. The van der Waals surface area contributed by atoms with Gasteiger partial charge in [0.2, 0.25) is 0 Å². The summed E-state index contributed by atoms with van der Waals surface area (Å²) in [4.78, 5) is 36.4. The Hall–Kier alpha value is -3.20. The zero-order valence-electron chi connectivity index (χ0n) is 15.8. The topological polar surface area (TPSA) is 99.0 Å². The molecule has 152 valence electrons. The first-order valence-corrected chi connectivity index (χ1v) is 9.39. The van der Waals surface area contributed by atoms with Crippen LogP contribution in [-0.4, -0.2) is 35.5 Å². The van der Waals surface area contributed by atoms with E-state index in [1.165, 1.54) is 31.4 Å². The number of amides is 1. The standard InChI is InChI=1S/C20H19BrN2O6/c1-3-22(18(19(24)28-2)17(21)15-7-5-4-6-8-15)20(25)29-13-14-9-11-16(12-10-14)23(26)27/h4-12H,3,13H2,1-2H3/b18-17-. The Kier molecular flexibility index (Phi) is 7.90. The fourth-order valence-electron chi connectivity index (χ4n) is 2.45. The van der Waals surface area contributed by atoms with Gasteiger partial charge in [-0.15, -0.1) is 0 Å². The second kappa shape index (κ2) is 10.4. The van der Waals surface area contributed by atoms with Crippen LogP contribution in [0.1, 0.15) is 18.1 Å². The summed E-state index contributed by atoms with van der Waals surface area (Å²) in [5, 5.41) is 10.7. The summed E-state index contributed by atoms with van der Waals surface area (Å²) in [5.41, 5.74) is 1.22. The van der Waals surface area contributed by atoms with Gasteiger partial charge in [0.1, 0.15) is 12.3 Å². The number of halogens is 1. The van der Waals surface area contributed by atoms with E-state index in [0.29, 0.717) is 15.6 Å². The van der Waals surface area contributed by atoms with Crippen LogP contribution >= 0.6 is 15.9 Å². The predicted octanol–water partition coefficient (Wildman–Crippen LogP) is 4.49. The number of carbonyl (C=O) groups is 2. The Bertz CT molecular complexity index is 912. The number of rotatable bonds is 7. The minimum absolute atomic E-state index is 0.00917. The highest BCUT2D eigenvalue weighted by Gasteiger charge is 2.28. The number of nitro groups is 1. The van der Waals surface area contributed by atoms with E-state index in [2.05, 4.69) is 15.9 Å². The monoisotopic (exact) mass is 462 g/mol. The molecule has 0 saturated heterocycles. The summed E-state index contributed by atoms with van der Waals surface area (Å²) in [5.74, 6) is -0.699. The molecular formula is C20H19BrN2O6. The number of esters is 1. The lowest BCUT2D eigenvalue weighted by molar-refractivity contribution is -0.384. The van der Waals surface area contributed by atoms with Crippen molar-refractivity contribution in [3.05, 3.63) is 81.5 Å². The van der Waals surface area contributed by atoms with Crippen LogP contribution in [0.4, 0.5) is 10.5 Å². The van der Waals surface area contributed by atoms with Gasteiger partial charge in [-0.25, -0.2) is 9.59 Å². The third-order valence-corrected chi connectivity index (χ3v) is 4.76. The van der Waals surface area contributed by atoms with Gasteiger partial charge in [-0.1, -0.05) is 30.3 Å². The van der Waals surface area contributed by atoms with Gasteiger partial charge in [-0.05, 0) is 46.1 Å². The number of benzene rings is 2. The number of nitro benzene ring substituents is 1. The number of carbonyl (C=O) groups excluding carboxylic acids is 2. The van der Waals surface area contributed by atoms with E-state index in [9.17, 15) is 19.7 Å². The number of nitrogens with zero attached hydrogens (tertiary/aromatic N) is 2. The fourth-order valence-corrected chi connectivity index (χ4v) is 3.09. The highest BCUT2D eigenvalue weighted by Crippen LogP contribution is 2.28. The molecule has 2 rings (SSSR count). The first kappa shape index (κ1) is 22.1. The SMILES string of the molecule is CCN(C(=O)OCc1ccc([N+](=O)[O-])cc1)/C(C(=O)OC)=C(\Br)c1ccccc1. The van der Waals surface area contributed by atoms with Crippen molar-refractivity contribution in [1.29, 1.82) is 0 Å². The number of non-ortho nitro benzene ring substituents is 1. The normalized spacial score (nSPS) is 11.3. The molecule has 9 heteroatoms. The highest BCUT2D eigenvalue weighted by molar-refractivity contribution is 9.15. The third-order valence-electron chi connectivity index (χ3n) is 3.93. The van der Waals surface area contributed by atoms with Crippen LogP contribution in [0.3, 0.4) is 0 Å². The summed E-state index contributed by atoms with van der Waals surface area (Å²) in [6.07, 6.45) is -0.751. The minimum Gasteiger partial charge on any atom is -0.464 e. The Morgan fingerprint density at radius 1 is 1.10 bits per heavy atom. The van der Waals surface area contributed by atoms with Gasteiger partial charge in [0, 0.05) is 18.7 Å². The van der Waals surface area contributed by atoms with E-state index < -0.39 is 17.0 Å². The molecule has 1 amide bonds. The van der Waals surface area contributed by atoms with Crippen LogP contribution in [-0.2, 0) is 20.9 Å². The van der Waals surface area contributed by atoms with E-state index in [1.54, 1.807) is 31.2 Å². The third kappa shape index (κ3) is 5.64. The Balaban J connectivity index is 2.24. The molecule has 0 aliphatic carbocycles. The Labute approximate surface area is 176 Å². The van der Waals surface area contributed by atoms with Crippen LogP contribution in [0.25, 0.3) is 4.48 Å². The molecular weight excluding hydrogens is 444 g/mol. The molecule has 0 saturated carbocycles. The molecule has 0 bridgehead atoms. The molecule has 2 aromatic rings. The second-order valence-corrected chi connectivity index (χ2v) is 6.54. The molecule has 29 heavy (non-hydrogen) atoms. The molecule has 0 atom stereocenters. The zero-order valence-corrected chi connectivity index (χ0v) is 17.4. The first-order chi connectivity index (χ1) is 13.9. The van der Waals surface area contributed by atoms with Crippen molar-refractivity contribution in [3.63, 3.8) is 0 Å². The van der Waals surface area contributed by atoms with Crippen LogP contribution < -0.4 is 0 Å². The van der Waals surface area contributed by atoms with Crippen molar-refractivity contribution >= 4 is 38.2 Å². The van der Waals surface area contributed by atoms with Gasteiger partial charge >= 0.3 is 12.1 Å². The average Bonchev–Trinajstić information content (AvgIpc) is 2.75. The quantitative estimate of drug-likeness (QED) is 0.260. The number of ether oxygens (including phenoxy) is 2. The maximum atomic E-state index is 12.7. The van der Waals surface area contributed by atoms with Gasteiger partial charge in [0.05, 0.1) is 16.5 Å². The summed E-state index contributed by atoms with van der Waals surface area (Å²) in [6, 6.07) is 14.6. The Morgan fingerprint density at radius 3 is 2.24 bits per heavy atom. The predicted molar refractivity (Wildman–Crippen MR) is 110 cm³/mol. The van der Waals surface area contributed by atoms with Gasteiger partial charge in [0.25, 0.3) is 5.69 Å². The van der Waals surface area contributed by atoms with E-state index >= 15 is 0 Å². The largest absolute Gasteiger partial charge is 0.464 e. The highest BCUT2D eigenvalue weighted by atomic mass is 79.9. The van der Waals surface area contributed by atoms with Crippen molar-refractivity contribution < 1.29 is 24.0 Å². The van der Waals surface area contributed by atoms with E-state index in [-0.39, 0.29) is 24.5 Å². The van der Waals surface area contributed by atoms with Crippen LogP contribution in [0, 0.1) is 10.1 Å². The molecule has 0 fully saturated rings. The maximum absolute atomic E-state index is 12.7. The molecule has 0 aromatic heterocycles. The van der Waals surface area contributed by atoms with Crippen LogP contribution in [0.5, 0.6) is 0 Å². The Morgan fingerprint density at radius 2 is 1.72 bits per heavy atom. The van der Waals surface area contributed by atoms with Crippen LogP contribution in [0.15, 0.2) is 60.3 Å². The zero-order chi connectivity index (χ0) is 21.4. The van der Waals surface area contributed by atoms with E-state index in [4.69, 9.17) is 9.47 Å². The number of hydrogen-bond donors (Lipinski definition) is 0. The molecule has 2 aromatic carbocycles. The van der Waals surface area contributed by atoms with Crippen molar-refractivity contribution in [2.75, 3.05) is 13.7 Å². The lowest BCUT2D eigenvalue weighted by atomic mass is 10.2. The molecule has 0 unspecified atom stereocenters. The van der Waals surface area contributed by atoms with Crippen molar-refractivity contribution in [2.24, 2.45) is 0 Å². The number of likely N-dealkylation sites (N-methyl/N-ethyl adjacent to an activating group) is 1. The van der Waals surface area contributed by atoms with Gasteiger partial charge in [-0.3, -0.25) is 15.0 Å². The van der Waals surface area contributed by atoms with E-state index in [1.807, 2.05) is 6.07 Å². The number of methoxy groups -OCH3 is 1. The molecule has 0 aliphatic heterocycles. The maximum Gasteiger partial charge on any atom is 0.414 e. The van der Waals surface area contributed by atoms with Crippen molar-refractivity contribution in [1.82, 2.24) is 4.90 Å². The fraction of sp³-hybridized carbons (Fsp3) is 0.200. The summed E-state index contributed by atoms with van der Waals surface area (Å²) in [7, 11) is 1.23. The average molecular weight is 463 g/mol. The van der Waals surface area contributed by atoms with Crippen molar-refractivity contribution in [3.8, 4) is 0 Å². The van der Waals surface area contributed by atoms with E-state index in [0.717, 1.165) is 4.90 Å². The summed E-state index contributed by atoms with van der Waals surface area (Å²) >= 11 is 3.39. The van der Waals surface area contributed by atoms with Gasteiger partial charge < -0.3 is 9.47 Å². The lowest BCUT2D eigenvalue weighted by Gasteiger charge is -2.23.